The first kappa shape index (κ1) is 16.2. The summed E-state index contributed by atoms with van der Waals surface area (Å²) in [5.74, 6) is 0.789. The van der Waals surface area contributed by atoms with Gasteiger partial charge in [0.05, 0.1) is 0 Å². The number of benzene rings is 2. The Hall–Kier alpha value is -3.68. The summed E-state index contributed by atoms with van der Waals surface area (Å²) in [7, 11) is 0. The molecule has 1 aromatic heterocycles. The molecular weight excluding hydrogens is 325 g/mol. The van der Waals surface area contributed by atoms with Gasteiger partial charge in [-0.15, -0.1) is 0 Å². The molecule has 0 spiro atoms. The van der Waals surface area contributed by atoms with E-state index in [9.17, 15) is 9.18 Å². The number of nitrogens with two attached hydrogens (primary N) is 1. The van der Waals surface area contributed by atoms with Gasteiger partial charge in [-0.3, -0.25) is 0 Å². The summed E-state index contributed by atoms with van der Waals surface area (Å²) in [6, 6.07) is 13.2. The summed E-state index contributed by atoms with van der Waals surface area (Å²) in [6.45, 7) is 0. The Kier molecular flexibility index (Phi) is 4.70. The maximum atomic E-state index is 12.8. The molecule has 4 N–H and O–H groups in total. The van der Waals surface area contributed by atoms with Gasteiger partial charge in [-0.25, -0.2) is 19.2 Å². The fourth-order valence-electron chi connectivity index (χ4n) is 1.96. The summed E-state index contributed by atoms with van der Waals surface area (Å²) in [5.41, 5.74) is 6.61. The summed E-state index contributed by atoms with van der Waals surface area (Å²) in [5, 5.41) is 5.26. The number of nitrogens with one attached hydrogen (secondary N) is 2. The molecule has 25 heavy (non-hydrogen) atoms. The van der Waals surface area contributed by atoms with Gasteiger partial charge in [-0.2, -0.15) is 0 Å². The van der Waals surface area contributed by atoms with Gasteiger partial charge < -0.3 is 21.1 Å². The number of rotatable bonds is 4. The molecule has 1 heterocycles. The van der Waals surface area contributed by atoms with Crippen LogP contribution in [-0.2, 0) is 0 Å². The largest absolute Gasteiger partial charge is 0.439 e. The molecule has 0 saturated carbocycles. The molecule has 7 nitrogen and oxygen atoms in total. The van der Waals surface area contributed by atoms with Crippen molar-refractivity contribution in [3.8, 4) is 11.6 Å². The van der Waals surface area contributed by atoms with Gasteiger partial charge in [-0.1, -0.05) is 0 Å². The molecule has 0 unspecified atom stereocenters. The molecule has 2 aromatic carbocycles. The number of carbonyl (C=O) groups excluding carboxylic acids is 1. The van der Waals surface area contributed by atoms with E-state index < -0.39 is 6.03 Å². The minimum atomic E-state index is -0.441. The highest BCUT2D eigenvalue weighted by Gasteiger charge is 2.04. The van der Waals surface area contributed by atoms with Crippen molar-refractivity contribution >= 4 is 23.2 Å². The Labute approximate surface area is 142 Å². The molecule has 0 atom stereocenters. The van der Waals surface area contributed by atoms with Crippen molar-refractivity contribution in [3.63, 3.8) is 0 Å². The van der Waals surface area contributed by atoms with E-state index in [0.717, 1.165) is 0 Å². The lowest BCUT2D eigenvalue weighted by molar-refractivity contribution is 0.262. The topological polar surface area (TPSA) is 102 Å². The number of hydrogen-bond donors (Lipinski definition) is 3. The van der Waals surface area contributed by atoms with E-state index in [4.69, 9.17) is 10.5 Å². The Balaban J connectivity index is 1.58. The van der Waals surface area contributed by atoms with Crippen molar-refractivity contribution < 1.29 is 13.9 Å². The zero-order chi connectivity index (χ0) is 17.6. The lowest BCUT2D eigenvalue weighted by Crippen LogP contribution is -2.19. The van der Waals surface area contributed by atoms with E-state index in [0.29, 0.717) is 28.8 Å². The van der Waals surface area contributed by atoms with Gasteiger partial charge in [0.25, 0.3) is 0 Å². The lowest BCUT2D eigenvalue weighted by atomic mass is 10.3. The van der Waals surface area contributed by atoms with Crippen molar-refractivity contribution in [3.05, 3.63) is 66.7 Å². The smallest absolute Gasteiger partial charge is 0.323 e. The first-order valence-corrected chi connectivity index (χ1v) is 7.27. The van der Waals surface area contributed by atoms with Gasteiger partial charge in [0.1, 0.15) is 23.7 Å². The minimum Gasteiger partial charge on any atom is -0.439 e. The number of ether oxygens (including phenoxy) is 1. The van der Waals surface area contributed by atoms with E-state index >= 15 is 0 Å². The average Bonchev–Trinajstić information content (AvgIpc) is 2.59. The maximum Gasteiger partial charge on any atom is 0.323 e. The van der Waals surface area contributed by atoms with Crippen LogP contribution in [0.1, 0.15) is 0 Å². The van der Waals surface area contributed by atoms with E-state index in [1.54, 1.807) is 24.3 Å². The van der Waals surface area contributed by atoms with E-state index in [1.807, 2.05) is 0 Å². The molecular formula is C17H14FN5O2. The minimum absolute atomic E-state index is 0.306. The second-order valence-electron chi connectivity index (χ2n) is 4.99. The quantitative estimate of drug-likeness (QED) is 0.673. The van der Waals surface area contributed by atoms with Crippen LogP contribution in [0.2, 0.25) is 0 Å². The second-order valence-corrected chi connectivity index (χ2v) is 4.99. The zero-order valence-electron chi connectivity index (χ0n) is 12.9. The number of hydrogen-bond acceptors (Lipinski definition) is 5. The Morgan fingerprint density at radius 1 is 0.960 bits per heavy atom. The summed E-state index contributed by atoms with van der Waals surface area (Å²) in [4.78, 5) is 19.6. The summed E-state index contributed by atoms with van der Waals surface area (Å²) < 4.78 is 18.4. The first-order valence-electron chi connectivity index (χ1n) is 7.27. The van der Waals surface area contributed by atoms with Crippen molar-refractivity contribution in [1.29, 1.82) is 0 Å². The van der Waals surface area contributed by atoms with Gasteiger partial charge in [0.2, 0.25) is 5.88 Å². The van der Waals surface area contributed by atoms with Gasteiger partial charge in [0.15, 0.2) is 0 Å². The Bertz CT molecular complexity index is 869. The number of aromatic nitrogens is 2. The highest BCUT2D eigenvalue weighted by atomic mass is 19.1. The molecule has 0 fully saturated rings. The number of anilines is 3. The van der Waals surface area contributed by atoms with Crippen molar-refractivity contribution in [2.75, 3.05) is 16.4 Å². The number of urea groups is 1. The van der Waals surface area contributed by atoms with Gasteiger partial charge in [0, 0.05) is 17.4 Å². The Morgan fingerprint density at radius 3 is 2.16 bits per heavy atom. The lowest BCUT2D eigenvalue weighted by Gasteiger charge is -2.09. The maximum absolute atomic E-state index is 12.8. The molecule has 0 radical (unpaired) electrons. The fourth-order valence-corrected chi connectivity index (χ4v) is 1.96. The highest BCUT2D eigenvalue weighted by molar-refractivity contribution is 5.99. The van der Waals surface area contributed by atoms with Gasteiger partial charge in [-0.05, 0) is 48.5 Å². The molecule has 0 aliphatic heterocycles. The molecule has 2 amide bonds. The molecule has 8 heteroatoms. The van der Waals surface area contributed by atoms with Crippen LogP contribution in [0.3, 0.4) is 0 Å². The number of halogens is 1. The molecule has 3 aromatic rings. The van der Waals surface area contributed by atoms with Crippen LogP contribution < -0.4 is 21.1 Å². The normalized spacial score (nSPS) is 10.1. The SMILES string of the molecule is Nc1cc(Oc2ccc(NC(=O)Nc3ccc(F)cc3)cc2)ncn1. The number of amides is 2. The average molecular weight is 339 g/mol. The monoisotopic (exact) mass is 339 g/mol. The predicted molar refractivity (Wildman–Crippen MR) is 92.0 cm³/mol. The van der Waals surface area contributed by atoms with E-state index in [2.05, 4.69) is 20.6 Å². The van der Waals surface area contributed by atoms with Gasteiger partial charge >= 0.3 is 6.03 Å². The second kappa shape index (κ2) is 7.26. The van der Waals surface area contributed by atoms with Crippen LogP contribution in [0.4, 0.5) is 26.4 Å². The predicted octanol–water partition coefficient (Wildman–Crippen LogP) is 3.63. The third-order valence-corrected chi connectivity index (χ3v) is 3.10. The van der Waals surface area contributed by atoms with Crippen molar-refractivity contribution in [2.24, 2.45) is 0 Å². The Morgan fingerprint density at radius 2 is 1.56 bits per heavy atom. The summed E-state index contributed by atoms with van der Waals surface area (Å²) in [6.07, 6.45) is 1.31. The van der Waals surface area contributed by atoms with Crippen molar-refractivity contribution in [2.45, 2.75) is 0 Å². The first-order chi connectivity index (χ1) is 12.1. The third kappa shape index (κ3) is 4.64. The number of nitrogens with zero attached hydrogens (tertiary/aromatic N) is 2. The molecule has 126 valence electrons. The molecule has 0 saturated heterocycles. The molecule has 3 rings (SSSR count). The van der Waals surface area contributed by atoms with Crippen molar-refractivity contribution in [1.82, 2.24) is 9.97 Å². The fraction of sp³-hybridized carbons (Fsp3) is 0. The number of nitrogen functional groups attached to an aromatic ring is 1. The van der Waals surface area contributed by atoms with Crippen LogP contribution in [-0.4, -0.2) is 16.0 Å². The summed E-state index contributed by atoms with van der Waals surface area (Å²) >= 11 is 0. The van der Waals surface area contributed by atoms with Crippen LogP contribution in [0.25, 0.3) is 0 Å². The highest BCUT2D eigenvalue weighted by Crippen LogP contribution is 2.22. The number of carbonyl (C=O) groups is 1. The van der Waals surface area contributed by atoms with Crippen LogP contribution in [0.15, 0.2) is 60.9 Å². The molecule has 0 aliphatic carbocycles. The molecule has 0 bridgehead atoms. The van der Waals surface area contributed by atoms with E-state index in [1.165, 1.54) is 36.7 Å². The van der Waals surface area contributed by atoms with E-state index in [-0.39, 0.29) is 5.82 Å². The standard InChI is InChI=1S/C17H14FN5O2/c18-11-1-3-12(4-2-11)22-17(24)23-13-5-7-14(8-6-13)25-16-9-15(19)20-10-21-16/h1-10H,(H2,19,20,21)(H2,22,23,24). The van der Waals surface area contributed by atoms with Crippen LogP contribution in [0, 0.1) is 5.82 Å². The molecule has 0 aliphatic rings. The third-order valence-electron chi connectivity index (χ3n) is 3.10. The van der Waals surface area contributed by atoms with Crippen LogP contribution in [0.5, 0.6) is 11.6 Å². The van der Waals surface area contributed by atoms with Crippen LogP contribution >= 0.6 is 0 Å². The zero-order valence-corrected chi connectivity index (χ0v) is 12.9.